The summed E-state index contributed by atoms with van der Waals surface area (Å²) in [5.74, 6) is -56.7. The molecular weight excluding hydrogens is 674 g/mol. The molecule has 2 aliphatic heterocycles. The Labute approximate surface area is 230 Å². The van der Waals surface area contributed by atoms with Gasteiger partial charge in [0.25, 0.3) is 0 Å². The van der Waals surface area contributed by atoms with Crippen LogP contribution in [0.3, 0.4) is 0 Å². The monoisotopic (exact) mass is 696 g/mol. The van der Waals surface area contributed by atoms with Crippen molar-refractivity contribution in [2.24, 2.45) is 0 Å². The first-order chi connectivity index (χ1) is 19.2. The van der Waals surface area contributed by atoms with Crippen LogP contribution in [0.1, 0.15) is 12.8 Å². The molecule has 0 amide bonds. The van der Waals surface area contributed by atoms with Crippen molar-refractivity contribution in [1.29, 1.82) is 0 Å². The van der Waals surface area contributed by atoms with Gasteiger partial charge in [-0.25, -0.2) is 9.34 Å². The Morgan fingerprint density at radius 1 is 0.535 bits per heavy atom. The molecule has 0 aromatic heterocycles. The first-order valence-electron chi connectivity index (χ1n) is 11.8. The minimum atomic E-state index is -8.67. The van der Waals surface area contributed by atoms with Gasteiger partial charge >= 0.3 is 55.3 Å². The second-order valence-corrected chi connectivity index (χ2v) is 11.6. The first-order valence-corrected chi connectivity index (χ1v) is 13.3. The number of alkyl halides is 17. The molecule has 2 rings (SSSR count). The van der Waals surface area contributed by atoms with Gasteiger partial charge < -0.3 is 14.0 Å². The minimum Gasteiger partial charge on any atom is -0.379 e. The lowest BCUT2D eigenvalue weighted by atomic mass is 9.88. The highest BCUT2D eigenvalue weighted by atomic mass is 31.2. The average molecular weight is 696 g/mol. The number of morpholine rings is 2. The molecule has 0 unspecified atom stereocenters. The maximum absolute atomic E-state index is 14.2. The Hall–Kier alpha value is -1.16. The maximum Gasteiger partial charge on any atom is 0.460 e. The van der Waals surface area contributed by atoms with E-state index in [-0.39, 0.29) is 52.6 Å². The highest BCUT2D eigenvalue weighted by molar-refractivity contribution is 7.54. The predicted molar refractivity (Wildman–Crippen MR) is 108 cm³/mol. The molecule has 0 N–H and O–H groups in total. The van der Waals surface area contributed by atoms with Gasteiger partial charge in [-0.15, -0.1) is 0 Å². The Morgan fingerprint density at radius 3 is 1.21 bits per heavy atom. The summed E-state index contributed by atoms with van der Waals surface area (Å²) in [4.78, 5) is 0. The fourth-order valence-corrected chi connectivity index (χ4v) is 6.17. The van der Waals surface area contributed by atoms with Crippen LogP contribution >= 0.6 is 7.67 Å². The molecule has 0 atom stereocenters. The van der Waals surface area contributed by atoms with Crippen LogP contribution in [0.5, 0.6) is 0 Å². The van der Waals surface area contributed by atoms with Crippen LogP contribution in [0.15, 0.2) is 0 Å². The third kappa shape index (κ3) is 6.31. The number of halogens is 17. The summed E-state index contributed by atoms with van der Waals surface area (Å²) in [5.41, 5.74) is 0. The molecule has 0 aromatic carbocycles. The summed E-state index contributed by atoms with van der Waals surface area (Å²) < 4.78 is 259. The lowest BCUT2D eigenvalue weighted by Crippen LogP contribution is -2.74. The maximum atomic E-state index is 14.2. The van der Waals surface area contributed by atoms with E-state index in [9.17, 15) is 79.2 Å². The molecule has 2 aliphatic rings. The van der Waals surface area contributed by atoms with Crippen molar-refractivity contribution in [1.82, 2.24) is 9.34 Å². The highest BCUT2D eigenvalue weighted by Crippen LogP contribution is 2.64. The van der Waals surface area contributed by atoms with Gasteiger partial charge in [-0.3, -0.25) is 4.57 Å². The third-order valence-corrected chi connectivity index (χ3v) is 9.12. The van der Waals surface area contributed by atoms with Crippen LogP contribution in [0.2, 0.25) is 0 Å². The lowest BCUT2D eigenvalue weighted by Gasteiger charge is -2.43. The van der Waals surface area contributed by atoms with Crippen LogP contribution < -0.4 is 0 Å². The molecule has 2 saturated heterocycles. The van der Waals surface area contributed by atoms with Gasteiger partial charge in [0.1, 0.15) is 0 Å². The summed E-state index contributed by atoms with van der Waals surface area (Å²) in [6.45, 7) is -1.47. The number of nitrogens with zero attached hydrogens (tertiary/aromatic N) is 2. The zero-order valence-corrected chi connectivity index (χ0v) is 22.1. The molecule has 6 nitrogen and oxygen atoms in total. The summed E-state index contributed by atoms with van der Waals surface area (Å²) in [6.07, 6.45) is -12.0. The zero-order valence-electron chi connectivity index (χ0n) is 21.2. The van der Waals surface area contributed by atoms with Crippen LogP contribution in [0.4, 0.5) is 74.6 Å². The van der Waals surface area contributed by atoms with Crippen LogP contribution in [0.25, 0.3) is 0 Å². The Bertz CT molecular complexity index is 976. The highest BCUT2D eigenvalue weighted by Gasteiger charge is 2.95. The van der Waals surface area contributed by atoms with Crippen LogP contribution in [0, 0.1) is 0 Å². The largest absolute Gasteiger partial charge is 0.460 e. The second kappa shape index (κ2) is 12.2. The van der Waals surface area contributed by atoms with Crippen molar-refractivity contribution in [2.45, 2.75) is 60.5 Å². The number of hydrogen-bond acceptors (Lipinski definition) is 4. The van der Waals surface area contributed by atoms with E-state index in [1.165, 1.54) is 9.34 Å². The van der Waals surface area contributed by atoms with Crippen LogP contribution in [-0.2, 0) is 18.6 Å². The van der Waals surface area contributed by atoms with E-state index in [2.05, 4.69) is 0 Å². The average Bonchev–Trinajstić information content (AvgIpc) is 2.90. The molecule has 24 heteroatoms. The fraction of sp³-hybridized carbons (Fsp3) is 1.00. The van der Waals surface area contributed by atoms with E-state index in [1.54, 1.807) is 0 Å². The Morgan fingerprint density at radius 2 is 0.860 bits per heavy atom. The fourth-order valence-electron chi connectivity index (χ4n) is 3.79. The van der Waals surface area contributed by atoms with Gasteiger partial charge in [0.05, 0.1) is 33.0 Å². The topological polar surface area (TPSA) is 51.2 Å². The molecular formula is C19H22F17N2O4P. The predicted octanol–water partition coefficient (Wildman–Crippen LogP) is 6.57. The second-order valence-electron chi connectivity index (χ2n) is 9.21. The van der Waals surface area contributed by atoms with Crippen LogP contribution in [-0.4, -0.2) is 116 Å². The molecule has 2 heterocycles. The lowest BCUT2D eigenvalue weighted by molar-refractivity contribution is -0.461. The van der Waals surface area contributed by atoms with E-state index in [0.717, 1.165) is 0 Å². The van der Waals surface area contributed by atoms with Crippen molar-refractivity contribution < 1.29 is 93.2 Å². The first kappa shape index (κ1) is 38.0. The van der Waals surface area contributed by atoms with E-state index in [1.807, 2.05) is 0 Å². The minimum absolute atomic E-state index is 0.00383. The van der Waals surface area contributed by atoms with E-state index < -0.39 is 74.8 Å². The molecule has 0 spiro atoms. The zero-order chi connectivity index (χ0) is 33.6. The molecule has 0 saturated carbocycles. The van der Waals surface area contributed by atoms with Crippen molar-refractivity contribution >= 4 is 7.67 Å². The van der Waals surface area contributed by atoms with Crippen molar-refractivity contribution in [2.75, 3.05) is 59.2 Å². The van der Waals surface area contributed by atoms with Gasteiger partial charge in [0.2, 0.25) is 0 Å². The number of hydrogen-bond donors (Lipinski definition) is 0. The Balaban J connectivity index is 2.27. The molecule has 0 aromatic rings. The number of rotatable bonds is 13. The SMILES string of the molecule is O=P(OCCCC(F)(F)C(F)(F)C(F)(F)C(F)(F)C(F)(F)C(F)(F)C(F)(F)C(F)(F)F)(N1CCOCC1)N1CCOCC1. The summed E-state index contributed by atoms with van der Waals surface area (Å²) in [5, 5.41) is 0. The van der Waals surface area contributed by atoms with E-state index in [4.69, 9.17) is 14.0 Å². The van der Waals surface area contributed by atoms with Gasteiger partial charge in [-0.05, 0) is 6.42 Å². The van der Waals surface area contributed by atoms with Crippen molar-refractivity contribution in [3.63, 3.8) is 0 Å². The summed E-state index contributed by atoms with van der Waals surface area (Å²) in [7, 11) is -4.16. The number of ether oxygens (including phenoxy) is 2. The quantitative estimate of drug-likeness (QED) is 0.124. The van der Waals surface area contributed by atoms with E-state index >= 15 is 0 Å². The van der Waals surface area contributed by atoms with Crippen molar-refractivity contribution in [3.8, 4) is 0 Å². The summed E-state index contributed by atoms with van der Waals surface area (Å²) >= 11 is 0. The van der Waals surface area contributed by atoms with Gasteiger partial charge in [-0.1, -0.05) is 0 Å². The van der Waals surface area contributed by atoms with Crippen molar-refractivity contribution in [3.05, 3.63) is 0 Å². The van der Waals surface area contributed by atoms with Gasteiger partial charge in [0.15, 0.2) is 0 Å². The van der Waals surface area contributed by atoms with Gasteiger partial charge in [-0.2, -0.15) is 74.6 Å². The van der Waals surface area contributed by atoms with Gasteiger partial charge in [0, 0.05) is 32.6 Å². The molecule has 43 heavy (non-hydrogen) atoms. The van der Waals surface area contributed by atoms with E-state index in [0.29, 0.717) is 0 Å². The molecule has 2 fully saturated rings. The Kier molecular flexibility index (Phi) is 10.8. The third-order valence-electron chi connectivity index (χ3n) is 6.37. The molecule has 0 radical (unpaired) electrons. The standard InChI is InChI=1S/C19H22F17N2O4P/c20-12(21,2-1-7-42-43(39,37-3-8-40-9-4-37)38-5-10-41-11-6-38)13(22,23)14(24,25)15(26,27)16(28,29)17(30,31)18(32,33)19(34,35)36/h1-11H2. The summed E-state index contributed by atoms with van der Waals surface area (Å²) in [6, 6.07) is 0. The molecule has 256 valence electrons. The molecule has 0 aliphatic carbocycles. The normalized spacial score (nSPS) is 20.5. The smallest absolute Gasteiger partial charge is 0.379 e. The molecule has 0 bridgehead atoms.